The summed E-state index contributed by atoms with van der Waals surface area (Å²) in [5, 5.41) is 23.2. The summed E-state index contributed by atoms with van der Waals surface area (Å²) in [7, 11) is 0. The van der Waals surface area contributed by atoms with Crippen LogP contribution in [0.3, 0.4) is 0 Å². The molecule has 3 nitrogen and oxygen atoms in total. The molecule has 1 rings (SSSR count). The fourth-order valence-electron chi connectivity index (χ4n) is 2.69. The monoisotopic (exact) mass is 257 g/mol. The van der Waals surface area contributed by atoms with Gasteiger partial charge in [-0.05, 0) is 38.0 Å². The maximum Gasteiger partial charge on any atom is 0.0771 e. The summed E-state index contributed by atoms with van der Waals surface area (Å²) in [6.45, 7) is 8.06. The zero-order valence-electron chi connectivity index (χ0n) is 12.3. The normalized spacial score (nSPS) is 32.2. The van der Waals surface area contributed by atoms with Crippen LogP contribution in [-0.4, -0.2) is 35.5 Å². The van der Waals surface area contributed by atoms with Crippen LogP contribution in [0.15, 0.2) is 0 Å². The van der Waals surface area contributed by atoms with E-state index < -0.39 is 5.60 Å². The van der Waals surface area contributed by atoms with Gasteiger partial charge in [0.05, 0.1) is 5.60 Å². The number of aliphatic hydroxyl groups is 2. The van der Waals surface area contributed by atoms with Crippen molar-refractivity contribution in [1.29, 1.82) is 0 Å². The fraction of sp³-hybridized carbons (Fsp3) is 1.00. The molecule has 1 aliphatic carbocycles. The van der Waals surface area contributed by atoms with E-state index >= 15 is 0 Å². The van der Waals surface area contributed by atoms with Crippen molar-refractivity contribution in [3.8, 4) is 0 Å². The third kappa shape index (κ3) is 4.52. The average Bonchev–Trinajstić information content (AvgIpc) is 2.39. The summed E-state index contributed by atoms with van der Waals surface area (Å²) in [4.78, 5) is 0. The maximum absolute atomic E-state index is 10.5. The van der Waals surface area contributed by atoms with E-state index in [4.69, 9.17) is 0 Å². The molecule has 108 valence electrons. The summed E-state index contributed by atoms with van der Waals surface area (Å²) in [6.07, 6.45) is 6.33. The third-order valence-electron chi connectivity index (χ3n) is 4.85. The standard InChI is InChI=1S/C15H31NO2/c1-4-13-6-8-15(18,9-7-13)11-16-10-14(3,5-2)12-17/h13,16-18H,4-12H2,1-3H3. The molecule has 0 amide bonds. The van der Waals surface area contributed by atoms with E-state index in [9.17, 15) is 10.2 Å². The molecule has 0 aliphatic heterocycles. The summed E-state index contributed by atoms with van der Waals surface area (Å²) >= 11 is 0. The molecule has 0 heterocycles. The molecule has 1 saturated carbocycles. The minimum atomic E-state index is -0.518. The van der Waals surface area contributed by atoms with Crippen molar-refractivity contribution in [3.63, 3.8) is 0 Å². The largest absolute Gasteiger partial charge is 0.396 e. The molecule has 0 aromatic rings. The Balaban J connectivity index is 2.31. The summed E-state index contributed by atoms with van der Waals surface area (Å²) in [5.41, 5.74) is -0.577. The smallest absolute Gasteiger partial charge is 0.0771 e. The zero-order chi connectivity index (χ0) is 13.6. The van der Waals surface area contributed by atoms with Gasteiger partial charge in [-0.2, -0.15) is 0 Å². The van der Waals surface area contributed by atoms with E-state index in [1.807, 2.05) is 0 Å². The second kappa shape index (κ2) is 6.88. The second-order valence-corrected chi connectivity index (χ2v) is 6.50. The highest BCUT2D eigenvalue weighted by Crippen LogP contribution is 2.33. The Morgan fingerprint density at radius 1 is 1.28 bits per heavy atom. The van der Waals surface area contributed by atoms with Crippen molar-refractivity contribution in [1.82, 2.24) is 5.32 Å². The molecule has 0 aromatic carbocycles. The quantitative estimate of drug-likeness (QED) is 0.656. The molecule has 18 heavy (non-hydrogen) atoms. The molecule has 1 unspecified atom stereocenters. The van der Waals surface area contributed by atoms with E-state index in [2.05, 4.69) is 26.1 Å². The Labute approximate surface area is 112 Å². The van der Waals surface area contributed by atoms with Crippen LogP contribution >= 0.6 is 0 Å². The van der Waals surface area contributed by atoms with Gasteiger partial charge in [-0.25, -0.2) is 0 Å². The van der Waals surface area contributed by atoms with E-state index in [0.29, 0.717) is 6.54 Å². The van der Waals surface area contributed by atoms with Gasteiger partial charge < -0.3 is 15.5 Å². The van der Waals surface area contributed by atoms with Gasteiger partial charge in [0, 0.05) is 25.1 Å². The number of hydrogen-bond acceptors (Lipinski definition) is 3. The third-order valence-corrected chi connectivity index (χ3v) is 4.85. The van der Waals surface area contributed by atoms with Gasteiger partial charge in [0.15, 0.2) is 0 Å². The predicted molar refractivity (Wildman–Crippen MR) is 75.6 cm³/mol. The van der Waals surface area contributed by atoms with Crippen molar-refractivity contribution < 1.29 is 10.2 Å². The van der Waals surface area contributed by atoms with Crippen LogP contribution in [-0.2, 0) is 0 Å². The van der Waals surface area contributed by atoms with Crippen LogP contribution in [0.5, 0.6) is 0 Å². The van der Waals surface area contributed by atoms with Gasteiger partial charge in [0.2, 0.25) is 0 Å². The van der Waals surface area contributed by atoms with E-state index in [-0.39, 0.29) is 12.0 Å². The lowest BCUT2D eigenvalue weighted by Crippen LogP contribution is -2.46. The van der Waals surface area contributed by atoms with Crippen molar-refractivity contribution in [3.05, 3.63) is 0 Å². The number of nitrogens with one attached hydrogen (secondary N) is 1. The van der Waals surface area contributed by atoms with Crippen LogP contribution < -0.4 is 5.32 Å². The van der Waals surface area contributed by atoms with Crippen molar-refractivity contribution >= 4 is 0 Å². The lowest BCUT2D eigenvalue weighted by molar-refractivity contribution is -0.0115. The highest BCUT2D eigenvalue weighted by Gasteiger charge is 2.32. The van der Waals surface area contributed by atoms with Gasteiger partial charge in [-0.1, -0.05) is 27.2 Å². The molecule has 1 atom stereocenters. The van der Waals surface area contributed by atoms with E-state index in [1.165, 1.54) is 6.42 Å². The van der Waals surface area contributed by atoms with Gasteiger partial charge >= 0.3 is 0 Å². The lowest BCUT2D eigenvalue weighted by Gasteiger charge is -2.37. The zero-order valence-corrected chi connectivity index (χ0v) is 12.3. The molecule has 1 aliphatic rings. The Bertz CT molecular complexity index is 231. The molecule has 0 bridgehead atoms. The van der Waals surface area contributed by atoms with Crippen molar-refractivity contribution in [2.75, 3.05) is 19.7 Å². The summed E-state index contributed by atoms with van der Waals surface area (Å²) < 4.78 is 0. The first-order valence-electron chi connectivity index (χ1n) is 7.51. The van der Waals surface area contributed by atoms with Crippen LogP contribution in [0.4, 0.5) is 0 Å². The minimum Gasteiger partial charge on any atom is -0.396 e. The molecular formula is C15H31NO2. The van der Waals surface area contributed by atoms with Gasteiger partial charge in [-0.15, -0.1) is 0 Å². The summed E-state index contributed by atoms with van der Waals surface area (Å²) in [6, 6.07) is 0. The Morgan fingerprint density at radius 2 is 1.89 bits per heavy atom. The van der Waals surface area contributed by atoms with Crippen LogP contribution in [0.1, 0.15) is 59.3 Å². The predicted octanol–water partition coefficient (Wildman–Crippen LogP) is 2.32. The molecule has 0 saturated heterocycles. The molecule has 0 spiro atoms. The van der Waals surface area contributed by atoms with Crippen molar-refractivity contribution in [2.24, 2.45) is 11.3 Å². The molecule has 1 fully saturated rings. The van der Waals surface area contributed by atoms with E-state index in [0.717, 1.165) is 44.6 Å². The number of hydrogen-bond donors (Lipinski definition) is 3. The first-order chi connectivity index (χ1) is 8.47. The van der Waals surface area contributed by atoms with Gasteiger partial charge in [0.1, 0.15) is 0 Å². The number of rotatable bonds is 7. The molecule has 3 heteroatoms. The van der Waals surface area contributed by atoms with Crippen LogP contribution in [0, 0.1) is 11.3 Å². The summed E-state index contributed by atoms with van der Waals surface area (Å²) in [5.74, 6) is 0.809. The first-order valence-corrected chi connectivity index (χ1v) is 7.51. The average molecular weight is 257 g/mol. The van der Waals surface area contributed by atoms with Crippen molar-refractivity contribution in [2.45, 2.75) is 64.9 Å². The highest BCUT2D eigenvalue weighted by atomic mass is 16.3. The molecule has 0 radical (unpaired) electrons. The van der Waals surface area contributed by atoms with Gasteiger partial charge in [0.25, 0.3) is 0 Å². The molecule has 0 aromatic heterocycles. The Morgan fingerprint density at radius 3 is 2.33 bits per heavy atom. The molecular weight excluding hydrogens is 226 g/mol. The Kier molecular flexibility index (Phi) is 6.09. The maximum atomic E-state index is 10.5. The SMILES string of the molecule is CCC1CCC(O)(CNCC(C)(CC)CO)CC1. The minimum absolute atomic E-state index is 0.0586. The first kappa shape index (κ1) is 15.9. The molecule has 3 N–H and O–H groups in total. The van der Waals surface area contributed by atoms with E-state index in [1.54, 1.807) is 0 Å². The van der Waals surface area contributed by atoms with Crippen LogP contribution in [0.2, 0.25) is 0 Å². The van der Waals surface area contributed by atoms with Gasteiger partial charge in [-0.3, -0.25) is 0 Å². The highest BCUT2D eigenvalue weighted by molar-refractivity contribution is 4.88. The van der Waals surface area contributed by atoms with Crippen LogP contribution in [0.25, 0.3) is 0 Å². The second-order valence-electron chi connectivity index (χ2n) is 6.50. The Hall–Kier alpha value is -0.120. The lowest BCUT2D eigenvalue weighted by atomic mass is 9.77. The number of aliphatic hydroxyl groups excluding tert-OH is 1. The topological polar surface area (TPSA) is 52.5 Å². The fourth-order valence-corrected chi connectivity index (χ4v) is 2.69.